The van der Waals surface area contributed by atoms with Gasteiger partial charge in [-0.3, -0.25) is 14.5 Å². The Morgan fingerprint density at radius 3 is 2.56 bits per heavy atom. The van der Waals surface area contributed by atoms with Gasteiger partial charge in [0.1, 0.15) is 22.8 Å². The third-order valence-electron chi connectivity index (χ3n) is 6.84. The molecule has 0 saturated carbocycles. The van der Waals surface area contributed by atoms with Gasteiger partial charge in [0.05, 0.1) is 12.6 Å². The van der Waals surface area contributed by atoms with Gasteiger partial charge >= 0.3 is 41.5 Å². The van der Waals surface area contributed by atoms with Gasteiger partial charge in [-0.15, -0.1) is 23.1 Å². The molecule has 0 bridgehead atoms. The summed E-state index contributed by atoms with van der Waals surface area (Å²) in [7, 11) is 0. The Hall–Kier alpha value is -4.89. The number of aromatic hydroxyl groups is 2. The number of carbonyl (C=O) groups is 4. The third-order valence-corrected chi connectivity index (χ3v) is 8.81. The molecule has 3 atom stereocenters. The first kappa shape index (κ1) is 36.0. The maximum absolute atomic E-state index is 13.4. The normalized spacial score (nSPS) is 18.0. The Kier molecular flexibility index (Phi) is 11.2. The number of carboxylic acid groups (broad SMARTS) is 2. The van der Waals surface area contributed by atoms with Crippen molar-refractivity contribution < 1.29 is 78.6 Å². The molecule has 5 rings (SSSR count). The van der Waals surface area contributed by atoms with Crippen LogP contribution in [-0.4, -0.2) is 81.9 Å². The minimum absolute atomic E-state index is 0. The topological polar surface area (TPSA) is 294 Å². The van der Waals surface area contributed by atoms with Crippen LogP contribution < -0.4 is 56.6 Å². The molecule has 4 heterocycles. The second-order valence-corrected chi connectivity index (χ2v) is 11.9. The first-order valence-corrected chi connectivity index (χ1v) is 15.3. The number of hydrogen-bond donors (Lipinski definition) is 8. The van der Waals surface area contributed by atoms with Gasteiger partial charge < -0.3 is 47.8 Å². The first-order chi connectivity index (χ1) is 22.3. The molecule has 0 aliphatic carbocycles. The number of oxime groups is 1. The van der Waals surface area contributed by atoms with Gasteiger partial charge in [0, 0.05) is 16.7 Å². The summed E-state index contributed by atoms with van der Waals surface area (Å²) in [5, 5.41) is 45.9. The van der Waals surface area contributed by atoms with E-state index < -0.39 is 58.5 Å². The number of allylic oxidation sites excluding steroid dienone is 2. The number of aliphatic carboxylic acids is 2. The van der Waals surface area contributed by atoms with E-state index in [9.17, 15) is 39.6 Å². The number of carbonyl (C=O) groups excluding carboxylic acids is 2. The fraction of sp³-hybridized carbons (Fsp3) is 0.185. The van der Waals surface area contributed by atoms with Crippen molar-refractivity contribution in [1.29, 1.82) is 0 Å². The number of nitrogens with zero attached hydrogens (tertiary/aromatic N) is 5. The largest absolute Gasteiger partial charge is 1.00 e. The number of nitrogen functional groups attached to an aromatic ring is 3. The second-order valence-electron chi connectivity index (χ2n) is 9.92. The number of thiazole rings is 1. The number of phenolic OH excluding ortho intramolecular Hbond substituents is 2. The number of aromatic nitrogens is 3. The number of anilines is 3. The molecule has 2 aromatic heterocycles. The van der Waals surface area contributed by atoms with Crippen molar-refractivity contribution in [1.82, 2.24) is 20.2 Å². The number of benzene rings is 1. The van der Waals surface area contributed by atoms with Crippen molar-refractivity contribution >= 4 is 69.3 Å². The average Bonchev–Trinajstić information content (AvgIpc) is 3.45. The summed E-state index contributed by atoms with van der Waals surface area (Å²) >= 11 is 2.17. The van der Waals surface area contributed by atoms with Crippen LogP contribution in [0.2, 0.25) is 0 Å². The molecule has 18 nitrogen and oxygen atoms in total. The molecular formula is C27H26N9NaO9S2+2. The zero-order valence-corrected chi connectivity index (χ0v) is 28.5. The maximum Gasteiger partial charge on any atom is 1.00 e. The Morgan fingerprint density at radius 2 is 1.94 bits per heavy atom. The number of β-lactam (4-membered cyclic amide) rings is 1. The van der Waals surface area contributed by atoms with E-state index in [-0.39, 0.29) is 69.8 Å². The summed E-state index contributed by atoms with van der Waals surface area (Å²) in [5.74, 6) is -4.91. The molecule has 21 heteroatoms. The zero-order valence-electron chi connectivity index (χ0n) is 24.9. The van der Waals surface area contributed by atoms with Gasteiger partial charge in [-0.05, 0) is 17.7 Å². The standard InChI is InChI=1S/C27H25N9O9S2.Na/c28-16-7-17(29)35(10-31-16)5-1-2-12-8-46-24-19(23(40)36(24)20(12)25(41)42)33-22(39)18(13-9-47-27(30)32-13)34-45-21(26(43)44)11-3-4-14(37)15(38)6-11;/h1-4,6-7,9-10,19,21,24H,5,8H2,(H10,28,29,30,32,33,34,37,38,39,41,42,43,44);/q;+1/p+1/b2-1+;/t19-,21+,24-;/m1./s1. The fourth-order valence-electron chi connectivity index (χ4n) is 4.57. The number of rotatable bonds is 11. The number of phenols is 2. The minimum atomic E-state index is -1.82. The van der Waals surface area contributed by atoms with Gasteiger partial charge in [-0.25, -0.2) is 19.1 Å². The van der Waals surface area contributed by atoms with Crippen molar-refractivity contribution in [3.63, 3.8) is 0 Å². The molecular weight excluding hydrogens is 681 g/mol. The SMILES string of the molecule is Nc1cc(N)[n+](C/C=C/C2=C(C(=O)O)N3C(=O)[C@@H](NC(=O)/C(=N\O[C@H](C(=O)O)c4ccc(O)c(O)c4)c4csc(N)n4)[C@H]3SC2)cn1.[Na+]. The molecule has 0 unspecified atom stereocenters. The average molecular weight is 708 g/mol. The summed E-state index contributed by atoms with van der Waals surface area (Å²) in [6.07, 6.45) is 2.83. The molecule has 1 fully saturated rings. The quantitative estimate of drug-likeness (QED) is 0.0240. The van der Waals surface area contributed by atoms with Crippen molar-refractivity contribution in [2.45, 2.75) is 24.1 Å². The van der Waals surface area contributed by atoms with Gasteiger partial charge in [0.2, 0.25) is 24.1 Å². The summed E-state index contributed by atoms with van der Waals surface area (Å²) in [4.78, 5) is 65.1. The van der Waals surface area contributed by atoms with Crippen LogP contribution >= 0.6 is 23.1 Å². The molecule has 2 aliphatic heterocycles. The van der Waals surface area contributed by atoms with Crippen molar-refractivity contribution in [3.8, 4) is 11.5 Å². The number of hydrogen-bond acceptors (Lipinski definition) is 15. The van der Waals surface area contributed by atoms with Gasteiger partial charge in [-0.1, -0.05) is 28.4 Å². The molecule has 1 aromatic carbocycles. The van der Waals surface area contributed by atoms with E-state index >= 15 is 0 Å². The molecule has 3 aromatic rings. The number of nitrogens with two attached hydrogens (primary N) is 3. The van der Waals surface area contributed by atoms with Gasteiger partial charge in [0.15, 0.2) is 22.3 Å². The summed E-state index contributed by atoms with van der Waals surface area (Å²) in [5.41, 5.74) is 16.6. The number of amides is 2. The maximum atomic E-state index is 13.4. The van der Waals surface area contributed by atoms with Crippen molar-refractivity contribution in [2.75, 3.05) is 23.0 Å². The third kappa shape index (κ3) is 7.47. The fourth-order valence-corrected chi connectivity index (χ4v) is 6.44. The van der Waals surface area contributed by atoms with E-state index in [1.807, 2.05) is 0 Å². The number of thioether (sulfide) groups is 1. The van der Waals surface area contributed by atoms with Crippen LogP contribution in [0.15, 0.2) is 64.6 Å². The van der Waals surface area contributed by atoms with Crippen LogP contribution in [-0.2, 0) is 30.6 Å². The smallest absolute Gasteiger partial charge is 0.504 e. The number of nitrogens with one attached hydrogen (secondary N) is 1. The van der Waals surface area contributed by atoms with E-state index in [4.69, 9.17) is 22.0 Å². The second kappa shape index (κ2) is 14.9. The Balaban J connectivity index is 0.00000520. The van der Waals surface area contributed by atoms with E-state index in [1.165, 1.54) is 35.6 Å². The molecule has 48 heavy (non-hydrogen) atoms. The predicted molar refractivity (Wildman–Crippen MR) is 166 cm³/mol. The van der Waals surface area contributed by atoms with Crippen LogP contribution in [0.25, 0.3) is 0 Å². The van der Waals surface area contributed by atoms with Gasteiger partial charge in [0.25, 0.3) is 11.8 Å². The van der Waals surface area contributed by atoms with Crippen molar-refractivity contribution in [2.24, 2.45) is 5.16 Å². The Morgan fingerprint density at radius 1 is 1.19 bits per heavy atom. The zero-order chi connectivity index (χ0) is 34.0. The number of carboxylic acids is 2. The van der Waals surface area contributed by atoms with E-state index in [2.05, 4.69) is 20.4 Å². The number of fused-ring (bicyclic) bond motifs is 1. The molecule has 11 N–H and O–H groups in total. The van der Waals surface area contributed by atoms with Crippen LogP contribution in [0.4, 0.5) is 16.8 Å². The Labute approximate surface area is 300 Å². The predicted octanol–water partition coefficient (Wildman–Crippen LogP) is -3.47. The minimum Gasteiger partial charge on any atom is -0.504 e. The molecule has 0 radical (unpaired) electrons. The van der Waals surface area contributed by atoms with E-state index in [1.54, 1.807) is 16.7 Å². The van der Waals surface area contributed by atoms with Gasteiger partial charge in [-0.2, -0.15) is 0 Å². The van der Waals surface area contributed by atoms with Crippen LogP contribution in [0, 0.1) is 0 Å². The Bertz CT molecular complexity index is 1880. The molecule has 0 spiro atoms. The summed E-state index contributed by atoms with van der Waals surface area (Å²) in [6.45, 7) is 0.248. The van der Waals surface area contributed by atoms with Crippen LogP contribution in [0.5, 0.6) is 11.5 Å². The molecule has 2 amide bonds. The summed E-state index contributed by atoms with van der Waals surface area (Å²) < 4.78 is 1.58. The first-order valence-electron chi connectivity index (χ1n) is 13.3. The van der Waals surface area contributed by atoms with Crippen LogP contribution in [0.3, 0.4) is 0 Å². The molecule has 1 saturated heterocycles. The monoisotopic (exact) mass is 707 g/mol. The van der Waals surface area contributed by atoms with Crippen molar-refractivity contribution in [3.05, 3.63) is 70.7 Å². The van der Waals surface area contributed by atoms with E-state index in [0.717, 1.165) is 28.4 Å². The summed E-state index contributed by atoms with van der Waals surface area (Å²) in [6, 6.07) is 3.47. The van der Waals surface area contributed by atoms with Crippen LogP contribution in [0.1, 0.15) is 17.4 Å². The molecule has 2 aliphatic rings. The molecule has 244 valence electrons. The van der Waals surface area contributed by atoms with E-state index in [0.29, 0.717) is 11.4 Å².